The van der Waals surface area contributed by atoms with Crippen LogP contribution in [-0.4, -0.2) is 18.4 Å². The fraction of sp³-hybridized carbons (Fsp3) is 0.300. The molecule has 0 spiro atoms. The molecular weight excluding hydrogens is 352 g/mol. The van der Waals surface area contributed by atoms with Crippen molar-refractivity contribution in [2.45, 2.75) is 26.9 Å². The number of ether oxygens (including phenoxy) is 1. The smallest absolute Gasteiger partial charge is 0.243 e. The Bertz CT molecular complexity index is 747. The normalized spacial score (nSPS) is 11.5. The van der Waals surface area contributed by atoms with Crippen molar-refractivity contribution in [3.63, 3.8) is 0 Å². The summed E-state index contributed by atoms with van der Waals surface area (Å²) in [6.07, 6.45) is 0.737. The Kier molecular flexibility index (Phi) is 7.48. The van der Waals surface area contributed by atoms with E-state index in [1.54, 1.807) is 18.2 Å². The number of anilines is 1. The molecule has 0 fully saturated rings. The first-order valence-corrected chi connectivity index (χ1v) is 8.90. The van der Waals surface area contributed by atoms with Gasteiger partial charge in [0.2, 0.25) is 11.8 Å². The van der Waals surface area contributed by atoms with E-state index in [9.17, 15) is 9.59 Å². The van der Waals surface area contributed by atoms with Crippen LogP contribution in [0.5, 0.6) is 5.75 Å². The van der Waals surface area contributed by atoms with Crippen molar-refractivity contribution in [2.24, 2.45) is 5.92 Å². The van der Waals surface area contributed by atoms with Gasteiger partial charge in [-0.05, 0) is 36.2 Å². The number of nitrogens with one attached hydrogen (secondary N) is 2. The van der Waals surface area contributed by atoms with E-state index in [2.05, 4.69) is 10.6 Å². The standard InChI is InChI=1S/C20H23ClN2O3/c1-3-14(2)20(25)22-12-19(24)23-17-5-4-6-18(11-17)26-13-15-7-9-16(21)10-8-15/h4-11,14H,3,12-13H2,1-2H3,(H,22,25)(H,23,24). The molecule has 0 saturated heterocycles. The lowest BCUT2D eigenvalue weighted by molar-refractivity contribution is -0.126. The van der Waals surface area contributed by atoms with Gasteiger partial charge in [-0.1, -0.05) is 43.6 Å². The van der Waals surface area contributed by atoms with Crippen LogP contribution in [0.1, 0.15) is 25.8 Å². The third kappa shape index (κ3) is 6.41. The van der Waals surface area contributed by atoms with Gasteiger partial charge < -0.3 is 15.4 Å². The van der Waals surface area contributed by atoms with Crippen molar-refractivity contribution >= 4 is 29.1 Å². The molecular formula is C20H23ClN2O3. The predicted molar refractivity (Wildman–Crippen MR) is 103 cm³/mol. The number of carbonyl (C=O) groups is 2. The number of halogens is 1. The highest BCUT2D eigenvalue weighted by Crippen LogP contribution is 2.19. The van der Waals surface area contributed by atoms with Gasteiger partial charge in [0.15, 0.2) is 0 Å². The molecule has 2 aromatic rings. The van der Waals surface area contributed by atoms with Gasteiger partial charge in [0.1, 0.15) is 12.4 Å². The highest BCUT2D eigenvalue weighted by atomic mass is 35.5. The topological polar surface area (TPSA) is 67.4 Å². The van der Waals surface area contributed by atoms with Crippen LogP contribution in [0, 0.1) is 5.92 Å². The first kappa shape index (κ1) is 19.8. The van der Waals surface area contributed by atoms with Crippen LogP contribution in [0.15, 0.2) is 48.5 Å². The average Bonchev–Trinajstić information content (AvgIpc) is 2.65. The van der Waals surface area contributed by atoms with Gasteiger partial charge in [-0.15, -0.1) is 0 Å². The Morgan fingerprint density at radius 3 is 2.58 bits per heavy atom. The second kappa shape index (κ2) is 9.82. The molecule has 138 valence electrons. The fourth-order valence-electron chi connectivity index (χ4n) is 2.14. The minimum absolute atomic E-state index is 0.0565. The van der Waals surface area contributed by atoms with E-state index in [4.69, 9.17) is 16.3 Å². The molecule has 0 saturated carbocycles. The zero-order valence-corrected chi connectivity index (χ0v) is 15.7. The van der Waals surface area contributed by atoms with Crippen LogP contribution in [0.3, 0.4) is 0 Å². The summed E-state index contributed by atoms with van der Waals surface area (Å²) in [5, 5.41) is 6.05. The van der Waals surface area contributed by atoms with Crippen LogP contribution >= 0.6 is 11.6 Å². The molecule has 5 nitrogen and oxygen atoms in total. The van der Waals surface area contributed by atoms with E-state index in [-0.39, 0.29) is 24.3 Å². The number of amides is 2. The zero-order valence-electron chi connectivity index (χ0n) is 14.9. The number of hydrogen-bond acceptors (Lipinski definition) is 3. The van der Waals surface area contributed by atoms with Crippen molar-refractivity contribution in [3.8, 4) is 5.75 Å². The van der Waals surface area contributed by atoms with Gasteiger partial charge in [0.05, 0.1) is 6.54 Å². The van der Waals surface area contributed by atoms with Crippen LogP contribution in [0.4, 0.5) is 5.69 Å². The minimum Gasteiger partial charge on any atom is -0.489 e. The Morgan fingerprint density at radius 1 is 1.15 bits per heavy atom. The third-order valence-electron chi connectivity index (χ3n) is 3.92. The van der Waals surface area contributed by atoms with E-state index in [1.807, 2.05) is 44.2 Å². The van der Waals surface area contributed by atoms with Crippen LogP contribution < -0.4 is 15.4 Å². The molecule has 0 aliphatic rings. The molecule has 26 heavy (non-hydrogen) atoms. The molecule has 6 heteroatoms. The molecule has 2 aromatic carbocycles. The van der Waals surface area contributed by atoms with Gasteiger partial charge in [-0.3, -0.25) is 9.59 Å². The lowest BCUT2D eigenvalue weighted by Crippen LogP contribution is -2.35. The van der Waals surface area contributed by atoms with Crippen molar-refractivity contribution in [1.82, 2.24) is 5.32 Å². The maximum atomic E-state index is 12.0. The van der Waals surface area contributed by atoms with Gasteiger partial charge in [-0.25, -0.2) is 0 Å². The Labute approximate surface area is 158 Å². The largest absolute Gasteiger partial charge is 0.489 e. The maximum Gasteiger partial charge on any atom is 0.243 e. The minimum atomic E-state index is -0.281. The van der Waals surface area contributed by atoms with Crippen molar-refractivity contribution in [2.75, 3.05) is 11.9 Å². The van der Waals surface area contributed by atoms with E-state index >= 15 is 0 Å². The summed E-state index contributed by atoms with van der Waals surface area (Å²) in [5.41, 5.74) is 1.61. The zero-order chi connectivity index (χ0) is 18.9. The van der Waals surface area contributed by atoms with E-state index < -0.39 is 0 Å². The Balaban J connectivity index is 1.85. The second-order valence-corrected chi connectivity index (χ2v) is 6.45. The summed E-state index contributed by atoms with van der Waals surface area (Å²) in [6.45, 7) is 4.10. The molecule has 0 aliphatic heterocycles. The van der Waals surface area contributed by atoms with Crippen LogP contribution in [-0.2, 0) is 16.2 Å². The number of benzene rings is 2. The summed E-state index contributed by atoms with van der Waals surface area (Å²) in [5.74, 6) is 0.132. The molecule has 0 bridgehead atoms. The van der Waals surface area contributed by atoms with Gasteiger partial charge in [0, 0.05) is 22.7 Å². The molecule has 2 amide bonds. The molecule has 0 aromatic heterocycles. The SMILES string of the molecule is CCC(C)C(=O)NCC(=O)Nc1cccc(OCc2ccc(Cl)cc2)c1. The lowest BCUT2D eigenvalue weighted by Gasteiger charge is -2.11. The third-order valence-corrected chi connectivity index (χ3v) is 4.17. The van der Waals surface area contributed by atoms with Gasteiger partial charge in [0.25, 0.3) is 0 Å². The van der Waals surface area contributed by atoms with Crippen LogP contribution in [0.2, 0.25) is 5.02 Å². The van der Waals surface area contributed by atoms with E-state index in [0.29, 0.717) is 23.1 Å². The predicted octanol–water partition coefficient (Wildman–Crippen LogP) is 4.02. The molecule has 2 N–H and O–H groups in total. The van der Waals surface area contributed by atoms with E-state index in [1.165, 1.54) is 0 Å². The summed E-state index contributed by atoms with van der Waals surface area (Å²) in [4.78, 5) is 23.7. The monoisotopic (exact) mass is 374 g/mol. The van der Waals surface area contributed by atoms with Crippen molar-refractivity contribution in [3.05, 3.63) is 59.1 Å². The van der Waals surface area contributed by atoms with Crippen LogP contribution in [0.25, 0.3) is 0 Å². The molecule has 1 unspecified atom stereocenters. The fourth-order valence-corrected chi connectivity index (χ4v) is 2.27. The first-order chi connectivity index (χ1) is 12.5. The van der Waals surface area contributed by atoms with E-state index in [0.717, 1.165) is 12.0 Å². The highest BCUT2D eigenvalue weighted by Gasteiger charge is 2.11. The molecule has 0 radical (unpaired) electrons. The Morgan fingerprint density at radius 2 is 1.88 bits per heavy atom. The summed E-state index contributed by atoms with van der Waals surface area (Å²) < 4.78 is 5.73. The molecule has 0 aliphatic carbocycles. The summed E-state index contributed by atoms with van der Waals surface area (Å²) >= 11 is 5.86. The maximum absolute atomic E-state index is 12.0. The van der Waals surface area contributed by atoms with Crippen molar-refractivity contribution in [1.29, 1.82) is 0 Å². The number of rotatable bonds is 8. The first-order valence-electron chi connectivity index (χ1n) is 8.52. The second-order valence-electron chi connectivity index (χ2n) is 6.02. The highest BCUT2D eigenvalue weighted by molar-refractivity contribution is 6.30. The Hall–Kier alpha value is -2.53. The quantitative estimate of drug-likeness (QED) is 0.733. The van der Waals surface area contributed by atoms with Gasteiger partial charge in [-0.2, -0.15) is 0 Å². The number of hydrogen-bond donors (Lipinski definition) is 2. The summed E-state index contributed by atoms with van der Waals surface area (Å²) in [7, 11) is 0. The van der Waals surface area contributed by atoms with Gasteiger partial charge >= 0.3 is 0 Å². The molecule has 1 atom stereocenters. The average molecular weight is 375 g/mol. The summed E-state index contributed by atoms with van der Waals surface area (Å²) in [6, 6.07) is 14.5. The number of carbonyl (C=O) groups excluding carboxylic acids is 2. The molecule has 0 heterocycles. The molecule has 2 rings (SSSR count). The van der Waals surface area contributed by atoms with Crippen molar-refractivity contribution < 1.29 is 14.3 Å². The lowest BCUT2D eigenvalue weighted by atomic mass is 10.1.